The summed E-state index contributed by atoms with van der Waals surface area (Å²) in [6, 6.07) is 0. The van der Waals surface area contributed by atoms with Crippen LogP contribution >= 0.6 is 0 Å². The van der Waals surface area contributed by atoms with Crippen LogP contribution in [0.15, 0.2) is 12.2 Å². The van der Waals surface area contributed by atoms with Gasteiger partial charge in [0.05, 0.1) is 7.11 Å². The van der Waals surface area contributed by atoms with Gasteiger partial charge in [0.2, 0.25) is 0 Å². The third-order valence-corrected chi connectivity index (χ3v) is 3.14. The van der Waals surface area contributed by atoms with Gasteiger partial charge >= 0.3 is 16.4 Å². The van der Waals surface area contributed by atoms with Crippen molar-refractivity contribution in [3.8, 4) is 0 Å². The third kappa shape index (κ3) is 10.3. The molecule has 0 aliphatic carbocycles. The first-order valence-electron chi connectivity index (χ1n) is 6.22. The van der Waals surface area contributed by atoms with E-state index in [0.29, 0.717) is 0 Å². The molecular formula is C12H22O5S. The molecule has 0 aromatic carbocycles. The molecule has 0 spiro atoms. The molecule has 0 unspecified atom stereocenters. The number of hydrogen-bond acceptors (Lipinski definition) is 5. The summed E-state index contributed by atoms with van der Waals surface area (Å²) < 4.78 is 29.5. The smallest absolute Gasteiger partial charge is 0.321 e. The Morgan fingerprint density at radius 2 is 1.72 bits per heavy atom. The van der Waals surface area contributed by atoms with Gasteiger partial charge in [0, 0.05) is 6.08 Å². The van der Waals surface area contributed by atoms with E-state index in [1.165, 1.54) is 25.7 Å². The van der Waals surface area contributed by atoms with Crippen LogP contribution in [0.3, 0.4) is 0 Å². The Morgan fingerprint density at radius 3 is 2.33 bits per heavy atom. The zero-order valence-corrected chi connectivity index (χ0v) is 11.9. The number of carbonyl (C=O) groups excluding carboxylic acids is 1. The van der Waals surface area contributed by atoms with E-state index in [0.717, 1.165) is 32.4 Å². The first kappa shape index (κ1) is 17.1. The first-order valence-corrected chi connectivity index (χ1v) is 7.55. The quantitative estimate of drug-likeness (QED) is 0.454. The number of rotatable bonds is 10. The highest BCUT2D eigenvalue weighted by Crippen LogP contribution is 2.07. The Balaban J connectivity index is 3.61. The van der Waals surface area contributed by atoms with E-state index in [-0.39, 0.29) is 0 Å². The van der Waals surface area contributed by atoms with Crippen molar-refractivity contribution in [3.05, 3.63) is 12.2 Å². The van der Waals surface area contributed by atoms with Gasteiger partial charge in [0.15, 0.2) is 0 Å². The average molecular weight is 278 g/mol. The topological polar surface area (TPSA) is 69.7 Å². The predicted molar refractivity (Wildman–Crippen MR) is 69.2 cm³/mol. The molecule has 0 fully saturated rings. The largest absolute Gasteiger partial charge is 0.451 e. The molecule has 0 aromatic heterocycles. The van der Waals surface area contributed by atoms with Crippen LogP contribution in [0.4, 0.5) is 0 Å². The Morgan fingerprint density at radius 1 is 1.11 bits per heavy atom. The van der Waals surface area contributed by atoms with E-state index in [9.17, 15) is 13.2 Å². The molecule has 6 heteroatoms. The fourth-order valence-electron chi connectivity index (χ4n) is 1.38. The molecule has 0 bridgehead atoms. The first-order chi connectivity index (χ1) is 8.52. The van der Waals surface area contributed by atoms with Gasteiger partial charge in [-0.15, -0.1) is 0 Å². The van der Waals surface area contributed by atoms with E-state index >= 15 is 0 Å². The van der Waals surface area contributed by atoms with Crippen molar-refractivity contribution in [2.24, 2.45) is 0 Å². The van der Waals surface area contributed by atoms with Crippen LogP contribution in [0, 0.1) is 0 Å². The van der Waals surface area contributed by atoms with E-state index in [2.05, 4.69) is 15.3 Å². The van der Waals surface area contributed by atoms with Crippen molar-refractivity contribution >= 4 is 16.4 Å². The Bertz CT molecular complexity index is 345. The lowest BCUT2D eigenvalue weighted by atomic mass is 10.1. The van der Waals surface area contributed by atoms with Crippen molar-refractivity contribution < 1.29 is 21.6 Å². The summed E-state index contributed by atoms with van der Waals surface area (Å²) in [5.41, 5.74) is 0. The molecule has 0 amide bonds. The summed E-state index contributed by atoms with van der Waals surface area (Å²) in [6.45, 7) is 2.17. The average Bonchev–Trinajstić information content (AvgIpc) is 2.32. The lowest BCUT2D eigenvalue weighted by molar-refractivity contribution is -0.129. The van der Waals surface area contributed by atoms with E-state index in [1.807, 2.05) is 0 Å². The van der Waals surface area contributed by atoms with Gasteiger partial charge in [-0.3, -0.25) is 0 Å². The maximum Gasteiger partial charge on any atom is 0.451 e. The molecule has 0 atom stereocenters. The second-order valence-electron chi connectivity index (χ2n) is 3.94. The molecule has 0 aliphatic heterocycles. The van der Waals surface area contributed by atoms with Gasteiger partial charge < -0.3 is 4.18 Å². The molecule has 0 aromatic rings. The van der Waals surface area contributed by atoms with Gasteiger partial charge in [0.1, 0.15) is 0 Å². The van der Waals surface area contributed by atoms with Crippen LogP contribution in [-0.2, 0) is 23.6 Å². The lowest BCUT2D eigenvalue weighted by Crippen LogP contribution is -2.11. The number of carbonyl (C=O) groups is 1. The predicted octanol–water partition coefficient (Wildman–Crippen LogP) is 2.73. The van der Waals surface area contributed by atoms with Crippen molar-refractivity contribution in [2.75, 3.05) is 7.11 Å². The minimum atomic E-state index is -4.18. The molecule has 5 nitrogen and oxygen atoms in total. The lowest BCUT2D eigenvalue weighted by Gasteiger charge is -1.99. The fourth-order valence-corrected chi connectivity index (χ4v) is 1.71. The molecule has 0 N–H and O–H groups in total. The normalized spacial score (nSPS) is 11.9. The summed E-state index contributed by atoms with van der Waals surface area (Å²) in [6.07, 6.45) is 10.5. The molecule has 0 saturated heterocycles. The van der Waals surface area contributed by atoms with E-state index in [4.69, 9.17) is 0 Å². The molecule has 0 heterocycles. The SMILES string of the molecule is CCCCCCCCC=CC(=O)OS(=O)(=O)OC. The Labute approximate surface area is 109 Å². The second kappa shape index (κ2) is 10.1. The number of hydrogen-bond donors (Lipinski definition) is 0. The van der Waals surface area contributed by atoms with Gasteiger partial charge in [0.25, 0.3) is 0 Å². The monoisotopic (exact) mass is 278 g/mol. The second-order valence-corrected chi connectivity index (χ2v) is 5.25. The Kier molecular flexibility index (Phi) is 9.59. The molecule has 0 rings (SSSR count). The zero-order chi connectivity index (χ0) is 13.9. The molecule has 0 radical (unpaired) electrons. The van der Waals surface area contributed by atoms with Crippen LogP contribution in [0.2, 0.25) is 0 Å². The van der Waals surface area contributed by atoms with Crippen molar-refractivity contribution in [2.45, 2.75) is 51.9 Å². The molecule has 0 saturated carbocycles. The van der Waals surface area contributed by atoms with Gasteiger partial charge in [-0.25, -0.2) is 8.98 Å². The maximum absolute atomic E-state index is 11.0. The van der Waals surface area contributed by atoms with Crippen LogP contribution < -0.4 is 0 Å². The Hall–Kier alpha value is -0.880. The van der Waals surface area contributed by atoms with Crippen molar-refractivity contribution in [3.63, 3.8) is 0 Å². The molecule has 106 valence electrons. The zero-order valence-electron chi connectivity index (χ0n) is 11.1. The molecule has 18 heavy (non-hydrogen) atoms. The number of allylic oxidation sites excluding steroid dienone is 1. The number of unbranched alkanes of at least 4 members (excludes halogenated alkanes) is 6. The summed E-state index contributed by atoms with van der Waals surface area (Å²) >= 11 is 0. The summed E-state index contributed by atoms with van der Waals surface area (Å²) in [4.78, 5) is 11.0. The van der Waals surface area contributed by atoms with Gasteiger partial charge in [-0.2, -0.15) is 8.42 Å². The van der Waals surface area contributed by atoms with E-state index in [1.54, 1.807) is 6.08 Å². The highest BCUT2D eigenvalue weighted by atomic mass is 32.3. The third-order valence-electron chi connectivity index (χ3n) is 2.37. The maximum atomic E-state index is 11.0. The van der Waals surface area contributed by atoms with Crippen molar-refractivity contribution in [1.82, 2.24) is 0 Å². The minimum Gasteiger partial charge on any atom is -0.321 e. The standard InChI is InChI=1S/C12H22O5S/c1-3-4-5-6-7-8-9-10-11-12(13)17-18(14,15)16-2/h10-11H,3-9H2,1-2H3. The fraction of sp³-hybridized carbons (Fsp3) is 0.750. The highest BCUT2D eigenvalue weighted by Gasteiger charge is 2.13. The summed E-state index contributed by atoms with van der Waals surface area (Å²) in [5.74, 6) is -0.928. The van der Waals surface area contributed by atoms with Crippen LogP contribution in [0.1, 0.15) is 51.9 Å². The van der Waals surface area contributed by atoms with Gasteiger partial charge in [-0.1, -0.05) is 45.1 Å². The van der Waals surface area contributed by atoms with Crippen molar-refractivity contribution in [1.29, 1.82) is 0 Å². The molecule has 0 aliphatic rings. The van der Waals surface area contributed by atoms with E-state index < -0.39 is 16.4 Å². The molecular weight excluding hydrogens is 256 g/mol. The van der Waals surface area contributed by atoms with Crippen LogP contribution in [-0.4, -0.2) is 21.5 Å². The summed E-state index contributed by atoms with van der Waals surface area (Å²) in [5, 5.41) is 0. The minimum absolute atomic E-state index is 0.744. The van der Waals surface area contributed by atoms with Crippen LogP contribution in [0.25, 0.3) is 0 Å². The highest BCUT2D eigenvalue weighted by molar-refractivity contribution is 7.82. The van der Waals surface area contributed by atoms with Crippen LogP contribution in [0.5, 0.6) is 0 Å². The van der Waals surface area contributed by atoms with Gasteiger partial charge in [-0.05, 0) is 12.8 Å². The summed E-state index contributed by atoms with van der Waals surface area (Å²) in [7, 11) is -3.24.